The first-order valence-corrected chi connectivity index (χ1v) is 25.3. The zero-order valence-electron chi connectivity index (χ0n) is 36.3. The lowest BCUT2D eigenvalue weighted by molar-refractivity contribution is -0.122. The number of aliphatic hydroxyl groups excluding tert-OH is 1. The second kappa shape index (κ2) is 42.2. The van der Waals surface area contributed by atoms with E-state index < -0.39 is 28.0 Å². The number of nitrogens with one attached hydrogen (secondary N) is 1. The summed E-state index contributed by atoms with van der Waals surface area (Å²) in [5.41, 5.74) is 0. The number of allylic oxidation sites excluding steroid dienone is 6. The van der Waals surface area contributed by atoms with Crippen LogP contribution in [0.5, 0.6) is 0 Å². The van der Waals surface area contributed by atoms with Crippen molar-refractivity contribution in [3.8, 4) is 0 Å². The van der Waals surface area contributed by atoms with Gasteiger partial charge in [-0.3, -0.25) is 9.35 Å². The second-order valence-corrected chi connectivity index (χ2v) is 17.9. The molecule has 0 bridgehead atoms. The van der Waals surface area contributed by atoms with E-state index >= 15 is 0 Å². The van der Waals surface area contributed by atoms with Gasteiger partial charge in [-0.05, 0) is 51.4 Å². The molecule has 0 rings (SSSR count). The molecular formula is C48H91NO5S. The third-order valence-corrected chi connectivity index (χ3v) is 11.6. The van der Waals surface area contributed by atoms with Crippen LogP contribution in [-0.2, 0) is 14.9 Å². The van der Waals surface area contributed by atoms with E-state index in [0.717, 1.165) is 64.2 Å². The summed E-state index contributed by atoms with van der Waals surface area (Å²) >= 11 is 0. The van der Waals surface area contributed by atoms with Crippen molar-refractivity contribution in [3.63, 3.8) is 0 Å². The number of aliphatic hydroxyl groups is 1. The molecule has 0 aromatic carbocycles. The van der Waals surface area contributed by atoms with Gasteiger partial charge in [0.05, 0.1) is 17.9 Å². The molecule has 0 saturated carbocycles. The van der Waals surface area contributed by atoms with Gasteiger partial charge in [-0.15, -0.1) is 0 Å². The van der Waals surface area contributed by atoms with Crippen LogP contribution in [0.1, 0.15) is 245 Å². The van der Waals surface area contributed by atoms with Crippen LogP contribution in [0.25, 0.3) is 0 Å². The Kier molecular flexibility index (Phi) is 41.1. The molecule has 0 aromatic heterocycles. The highest BCUT2D eigenvalue weighted by Gasteiger charge is 2.26. The van der Waals surface area contributed by atoms with Gasteiger partial charge in [0, 0.05) is 6.42 Å². The summed E-state index contributed by atoms with van der Waals surface area (Å²) in [5, 5.41) is 13.4. The topological polar surface area (TPSA) is 104 Å². The Morgan fingerprint density at radius 3 is 1.20 bits per heavy atom. The molecule has 0 radical (unpaired) electrons. The van der Waals surface area contributed by atoms with E-state index in [4.69, 9.17) is 0 Å². The Morgan fingerprint density at radius 2 is 0.818 bits per heavy atom. The molecule has 0 aromatic rings. The summed E-state index contributed by atoms with van der Waals surface area (Å²) in [6, 6.07) is -0.978. The van der Waals surface area contributed by atoms with Crippen LogP contribution >= 0.6 is 0 Å². The van der Waals surface area contributed by atoms with Gasteiger partial charge in [0.15, 0.2) is 0 Å². The van der Waals surface area contributed by atoms with Gasteiger partial charge in [-0.25, -0.2) is 0 Å². The minimum Gasteiger partial charge on any atom is -0.391 e. The third-order valence-electron chi connectivity index (χ3n) is 10.8. The van der Waals surface area contributed by atoms with Crippen molar-refractivity contribution in [1.82, 2.24) is 5.32 Å². The lowest BCUT2D eigenvalue weighted by Gasteiger charge is -2.23. The van der Waals surface area contributed by atoms with Crippen LogP contribution in [0.15, 0.2) is 36.5 Å². The standard InChI is InChI=1S/C48H91NO5S/c1-3-5-7-9-11-13-15-17-19-21-23-24-26-28-30-32-34-36-38-40-42-44-48(51)49-46(45-55(52,53)54)47(50)43-41-39-37-35-33-31-29-27-25-22-20-18-16-14-12-10-8-6-4-2/h15,17,21,23,26,28,46-47,50H,3-14,16,18-20,22,24-25,27,29-45H2,1-2H3,(H,49,51)(H,52,53,54)/b17-15-,23-21-,28-26-. The van der Waals surface area contributed by atoms with E-state index in [1.165, 1.54) is 154 Å². The summed E-state index contributed by atoms with van der Waals surface area (Å²) in [7, 11) is -4.32. The maximum Gasteiger partial charge on any atom is 0.266 e. The van der Waals surface area contributed by atoms with Crippen molar-refractivity contribution in [2.24, 2.45) is 0 Å². The predicted molar refractivity (Wildman–Crippen MR) is 239 cm³/mol. The van der Waals surface area contributed by atoms with Gasteiger partial charge in [0.2, 0.25) is 5.91 Å². The summed E-state index contributed by atoms with van der Waals surface area (Å²) in [6.45, 7) is 4.53. The predicted octanol–water partition coefficient (Wildman–Crippen LogP) is 14.5. The third kappa shape index (κ3) is 43.5. The van der Waals surface area contributed by atoms with Gasteiger partial charge in [0.25, 0.3) is 10.1 Å². The highest BCUT2D eigenvalue weighted by Crippen LogP contribution is 2.16. The largest absolute Gasteiger partial charge is 0.391 e. The molecule has 0 spiro atoms. The molecule has 55 heavy (non-hydrogen) atoms. The molecule has 7 heteroatoms. The van der Waals surface area contributed by atoms with Gasteiger partial charge in [-0.2, -0.15) is 8.42 Å². The summed E-state index contributed by atoms with van der Waals surface area (Å²) < 4.78 is 32.7. The van der Waals surface area contributed by atoms with Gasteiger partial charge in [-0.1, -0.05) is 224 Å². The van der Waals surface area contributed by atoms with Crippen LogP contribution in [-0.4, -0.2) is 41.9 Å². The molecule has 0 aliphatic rings. The first-order valence-electron chi connectivity index (χ1n) is 23.7. The number of amides is 1. The van der Waals surface area contributed by atoms with Gasteiger partial charge in [0.1, 0.15) is 0 Å². The average Bonchev–Trinajstić information content (AvgIpc) is 3.15. The zero-order valence-corrected chi connectivity index (χ0v) is 37.1. The zero-order chi connectivity index (χ0) is 40.3. The highest BCUT2D eigenvalue weighted by molar-refractivity contribution is 7.85. The maximum atomic E-state index is 12.6. The number of rotatable bonds is 43. The van der Waals surface area contributed by atoms with E-state index in [1.807, 2.05) is 0 Å². The molecule has 0 aliphatic heterocycles. The van der Waals surface area contributed by atoms with Crippen molar-refractivity contribution in [2.75, 3.05) is 5.75 Å². The molecule has 0 aliphatic carbocycles. The maximum absolute atomic E-state index is 12.6. The van der Waals surface area contributed by atoms with Crippen molar-refractivity contribution in [1.29, 1.82) is 0 Å². The Balaban J connectivity index is 3.83. The van der Waals surface area contributed by atoms with E-state index in [-0.39, 0.29) is 5.91 Å². The van der Waals surface area contributed by atoms with Crippen molar-refractivity contribution >= 4 is 16.0 Å². The second-order valence-electron chi connectivity index (χ2n) is 16.4. The molecular weight excluding hydrogens is 703 g/mol. The fourth-order valence-corrected chi connectivity index (χ4v) is 8.05. The molecule has 3 N–H and O–H groups in total. The summed E-state index contributed by atoms with van der Waals surface area (Å²) in [4.78, 5) is 12.6. The van der Waals surface area contributed by atoms with Crippen LogP contribution in [0.3, 0.4) is 0 Å². The fraction of sp³-hybridized carbons (Fsp3) is 0.854. The molecule has 2 atom stereocenters. The van der Waals surface area contributed by atoms with Crippen molar-refractivity contribution in [3.05, 3.63) is 36.5 Å². The summed E-state index contributed by atoms with van der Waals surface area (Å²) in [6.07, 6.45) is 55.3. The van der Waals surface area contributed by atoms with Crippen LogP contribution < -0.4 is 5.32 Å². The normalized spacial score (nSPS) is 13.5. The van der Waals surface area contributed by atoms with E-state index in [0.29, 0.717) is 12.8 Å². The molecule has 0 saturated heterocycles. The smallest absolute Gasteiger partial charge is 0.266 e. The quantitative estimate of drug-likeness (QED) is 0.0324. The van der Waals surface area contributed by atoms with Crippen LogP contribution in [0.4, 0.5) is 0 Å². The van der Waals surface area contributed by atoms with Gasteiger partial charge < -0.3 is 10.4 Å². The lowest BCUT2D eigenvalue weighted by atomic mass is 10.0. The Hall–Kier alpha value is -1.44. The highest BCUT2D eigenvalue weighted by atomic mass is 32.2. The fourth-order valence-electron chi connectivity index (χ4n) is 7.29. The Morgan fingerprint density at radius 1 is 0.491 bits per heavy atom. The number of carbonyl (C=O) groups is 1. The molecule has 6 nitrogen and oxygen atoms in total. The lowest BCUT2D eigenvalue weighted by Crippen LogP contribution is -2.47. The SMILES string of the molecule is CCCCCCC/C=C\C/C=C\C/C=C\CCCCCCCCC(=O)NC(CS(=O)(=O)O)C(O)CCCCCCCCCCCCCCCCCCCCC. The van der Waals surface area contributed by atoms with Crippen molar-refractivity contribution < 1.29 is 22.9 Å². The van der Waals surface area contributed by atoms with E-state index in [2.05, 4.69) is 55.6 Å². The molecule has 0 heterocycles. The van der Waals surface area contributed by atoms with Crippen LogP contribution in [0.2, 0.25) is 0 Å². The van der Waals surface area contributed by atoms with Crippen LogP contribution in [0, 0.1) is 0 Å². The Labute approximate surface area is 342 Å². The molecule has 324 valence electrons. The van der Waals surface area contributed by atoms with E-state index in [1.54, 1.807) is 0 Å². The molecule has 2 unspecified atom stereocenters. The Bertz CT molecular complexity index is 1010. The summed E-state index contributed by atoms with van der Waals surface area (Å²) in [5.74, 6) is -0.908. The first kappa shape index (κ1) is 53.6. The van der Waals surface area contributed by atoms with Crippen molar-refractivity contribution in [2.45, 2.75) is 257 Å². The average molecular weight is 794 g/mol. The number of unbranched alkanes of at least 4 members (excludes halogenated alkanes) is 29. The molecule has 0 fully saturated rings. The number of hydrogen-bond donors (Lipinski definition) is 3. The number of carbonyl (C=O) groups excluding carboxylic acids is 1. The minimum atomic E-state index is -4.32. The number of hydrogen-bond acceptors (Lipinski definition) is 4. The van der Waals surface area contributed by atoms with E-state index in [9.17, 15) is 22.9 Å². The van der Waals surface area contributed by atoms with Gasteiger partial charge >= 0.3 is 0 Å². The first-order chi connectivity index (χ1) is 26.8. The monoisotopic (exact) mass is 794 g/mol. The minimum absolute atomic E-state index is 0.256. The molecule has 1 amide bonds.